The Morgan fingerprint density at radius 3 is 1.28 bits per heavy atom. The zero-order chi connectivity index (χ0) is 46.4. The van der Waals surface area contributed by atoms with Crippen LogP contribution in [0.4, 0.5) is 0 Å². The zero-order valence-corrected chi connectivity index (χ0v) is 38.0. The molecule has 8 aromatic carbocycles. The smallest absolute Gasteiger partial charge is 0.199 e. The number of phenolic OH excluding ortho intramolecular Hbond substituents is 1. The highest BCUT2D eigenvalue weighted by Crippen LogP contribution is 2.45. The Kier molecular flexibility index (Phi) is 13.4. The van der Waals surface area contributed by atoms with Crippen molar-refractivity contribution in [3.8, 4) is 40.2 Å². The summed E-state index contributed by atoms with van der Waals surface area (Å²) in [6, 6.07) is 39.2. The topological polar surface area (TPSA) is 128 Å². The monoisotopic (exact) mass is 900 g/mol. The first-order valence-electron chi connectivity index (χ1n) is 22.5. The lowest BCUT2D eigenvalue weighted by molar-refractivity contribution is -0.106. The Balaban J connectivity index is 0.000000127. The standard InChI is InChI=1S/C21H22O4.C19H16O4.C16H14O3/c1-22-20-15-7-3-4-8-16(15)21(23-2)18-13-14(10-11-17(18)20)25-19-9-5-6-12-24-19;20-18-13-5-1-2-6-14(13)19(21)16-11-12(8-9-15(16)18)23-17-7-3-4-10-22-17;1-18-15-11-5-3-4-6-12(11)16(19-2)14-9-10(17)7-8-13(14)15/h3-4,7-8,10-11,13,19H,5-6,9,12H2,1-2H3;1-2,5-6,8-9,11,17H,3-4,7,10H2;3-9,17H,1-2H3. The van der Waals surface area contributed by atoms with Crippen LogP contribution in [0.3, 0.4) is 0 Å². The molecule has 0 spiro atoms. The summed E-state index contributed by atoms with van der Waals surface area (Å²) in [6.45, 7) is 1.46. The van der Waals surface area contributed by atoms with E-state index in [9.17, 15) is 14.7 Å². The van der Waals surface area contributed by atoms with Crippen molar-refractivity contribution in [2.45, 2.75) is 51.1 Å². The van der Waals surface area contributed by atoms with E-state index < -0.39 is 0 Å². The molecule has 11 rings (SSSR count). The quantitative estimate of drug-likeness (QED) is 0.146. The molecule has 2 heterocycles. The molecule has 11 heteroatoms. The fourth-order valence-corrected chi connectivity index (χ4v) is 9.18. The molecule has 1 N–H and O–H groups in total. The van der Waals surface area contributed by atoms with Gasteiger partial charge < -0.3 is 43.0 Å². The number of aromatic hydroxyl groups is 1. The SMILES string of the molecule is COc1c2ccccc2c(OC)c2cc(O)ccc12.COc1c2ccccc2c(OC)c2cc(OC3CCCCO3)ccc12.O=C1c2ccccc2C(=O)c2cc(OC3CCCCO3)ccc21. The molecule has 0 amide bonds. The minimum Gasteiger partial charge on any atom is -0.508 e. The van der Waals surface area contributed by atoms with Crippen LogP contribution in [-0.2, 0) is 9.47 Å². The van der Waals surface area contributed by atoms with Gasteiger partial charge in [-0.25, -0.2) is 0 Å². The molecule has 0 bridgehead atoms. The summed E-state index contributed by atoms with van der Waals surface area (Å²) in [5.74, 6) is 4.55. The van der Waals surface area contributed by atoms with Crippen molar-refractivity contribution < 1.29 is 52.6 Å². The Labute approximate surface area is 388 Å². The normalized spacial score (nSPS) is 16.5. The number of phenols is 1. The molecule has 0 aromatic heterocycles. The summed E-state index contributed by atoms with van der Waals surface area (Å²) < 4.78 is 45.6. The number of fused-ring (bicyclic) bond motifs is 6. The van der Waals surface area contributed by atoms with Gasteiger partial charge in [0.15, 0.2) is 24.1 Å². The van der Waals surface area contributed by atoms with Crippen molar-refractivity contribution in [3.63, 3.8) is 0 Å². The van der Waals surface area contributed by atoms with Gasteiger partial charge in [0.1, 0.15) is 40.2 Å². The van der Waals surface area contributed by atoms with Crippen LogP contribution < -0.4 is 28.4 Å². The lowest BCUT2D eigenvalue weighted by atomic mass is 9.84. The molecule has 1 aliphatic carbocycles. The van der Waals surface area contributed by atoms with Gasteiger partial charge in [-0.15, -0.1) is 0 Å². The second-order valence-corrected chi connectivity index (χ2v) is 16.4. The summed E-state index contributed by atoms with van der Waals surface area (Å²) in [5.41, 5.74) is 1.76. The van der Waals surface area contributed by atoms with E-state index in [0.717, 1.165) is 117 Å². The van der Waals surface area contributed by atoms with E-state index in [1.54, 1.807) is 83.0 Å². The molecule has 3 aliphatic rings. The zero-order valence-electron chi connectivity index (χ0n) is 38.0. The Bertz CT molecular complexity index is 3110. The van der Waals surface area contributed by atoms with Gasteiger partial charge in [0, 0.05) is 78.2 Å². The van der Waals surface area contributed by atoms with Crippen LogP contribution in [0.2, 0.25) is 0 Å². The lowest BCUT2D eigenvalue weighted by Crippen LogP contribution is -2.25. The second kappa shape index (κ2) is 20.0. The highest BCUT2D eigenvalue weighted by molar-refractivity contribution is 6.28. The fraction of sp³-hybridized carbons (Fsp3) is 0.250. The first kappa shape index (κ1) is 44.8. The first-order chi connectivity index (χ1) is 32.8. The van der Waals surface area contributed by atoms with Crippen LogP contribution >= 0.6 is 0 Å². The molecule has 342 valence electrons. The van der Waals surface area contributed by atoms with Crippen LogP contribution in [0.5, 0.6) is 40.2 Å². The molecular formula is C56H52O11. The molecule has 0 radical (unpaired) electrons. The number of benzene rings is 8. The number of methoxy groups -OCH3 is 4. The van der Waals surface area contributed by atoms with E-state index in [0.29, 0.717) is 34.6 Å². The van der Waals surface area contributed by atoms with Crippen molar-refractivity contribution in [1.82, 2.24) is 0 Å². The highest BCUT2D eigenvalue weighted by atomic mass is 16.7. The summed E-state index contributed by atoms with van der Waals surface area (Å²) in [4.78, 5) is 25.2. The predicted octanol–water partition coefficient (Wildman–Crippen LogP) is 12.0. The fourth-order valence-electron chi connectivity index (χ4n) is 9.18. The van der Waals surface area contributed by atoms with Gasteiger partial charge in [0.2, 0.25) is 0 Å². The summed E-state index contributed by atoms with van der Waals surface area (Å²) >= 11 is 0. The van der Waals surface area contributed by atoms with E-state index in [1.807, 2.05) is 66.7 Å². The molecule has 2 aliphatic heterocycles. The van der Waals surface area contributed by atoms with E-state index >= 15 is 0 Å². The Morgan fingerprint density at radius 2 is 0.806 bits per heavy atom. The third-order valence-corrected chi connectivity index (χ3v) is 12.3. The number of rotatable bonds is 8. The molecule has 8 aromatic rings. The van der Waals surface area contributed by atoms with Crippen LogP contribution in [0.25, 0.3) is 43.1 Å². The van der Waals surface area contributed by atoms with Gasteiger partial charge in [-0.1, -0.05) is 72.8 Å². The molecular weight excluding hydrogens is 849 g/mol. The maximum Gasteiger partial charge on any atom is 0.199 e. The molecule has 2 atom stereocenters. The average molecular weight is 901 g/mol. The third-order valence-electron chi connectivity index (χ3n) is 12.3. The first-order valence-corrected chi connectivity index (χ1v) is 22.5. The van der Waals surface area contributed by atoms with Gasteiger partial charge >= 0.3 is 0 Å². The number of carbonyl (C=O) groups excluding carboxylic acids is 2. The van der Waals surface area contributed by atoms with E-state index in [-0.39, 0.29) is 29.9 Å². The number of carbonyl (C=O) groups is 2. The van der Waals surface area contributed by atoms with Gasteiger partial charge in [0.05, 0.1) is 41.7 Å². The van der Waals surface area contributed by atoms with Crippen LogP contribution in [0.15, 0.2) is 127 Å². The maximum absolute atomic E-state index is 12.7. The summed E-state index contributed by atoms with van der Waals surface area (Å²) in [7, 11) is 6.69. The summed E-state index contributed by atoms with van der Waals surface area (Å²) in [6.07, 6.45) is 5.69. The third kappa shape index (κ3) is 9.00. The van der Waals surface area contributed by atoms with Gasteiger partial charge in [-0.2, -0.15) is 0 Å². The Morgan fingerprint density at radius 1 is 0.418 bits per heavy atom. The van der Waals surface area contributed by atoms with E-state index in [1.165, 1.54) is 0 Å². The van der Waals surface area contributed by atoms with Crippen molar-refractivity contribution >= 4 is 54.7 Å². The van der Waals surface area contributed by atoms with E-state index in [4.69, 9.17) is 37.9 Å². The number of hydrogen-bond acceptors (Lipinski definition) is 11. The molecule has 11 nitrogen and oxygen atoms in total. The molecule has 2 fully saturated rings. The van der Waals surface area contributed by atoms with Crippen LogP contribution in [0, 0.1) is 0 Å². The highest BCUT2D eigenvalue weighted by Gasteiger charge is 2.30. The maximum atomic E-state index is 12.7. The van der Waals surface area contributed by atoms with Crippen molar-refractivity contribution in [2.75, 3.05) is 41.7 Å². The molecule has 2 unspecified atom stereocenters. The van der Waals surface area contributed by atoms with Gasteiger partial charge in [-0.3, -0.25) is 9.59 Å². The van der Waals surface area contributed by atoms with Crippen LogP contribution in [-0.4, -0.2) is 70.9 Å². The average Bonchev–Trinajstić information content (AvgIpc) is 3.37. The minimum absolute atomic E-state index is 0.115. The minimum atomic E-state index is -0.275. The van der Waals surface area contributed by atoms with Crippen molar-refractivity contribution in [3.05, 3.63) is 150 Å². The lowest BCUT2D eigenvalue weighted by Gasteiger charge is -2.24. The second-order valence-electron chi connectivity index (χ2n) is 16.4. The van der Waals surface area contributed by atoms with Crippen molar-refractivity contribution in [2.24, 2.45) is 0 Å². The largest absolute Gasteiger partial charge is 0.508 e. The number of ketones is 2. The summed E-state index contributed by atoms with van der Waals surface area (Å²) in [5, 5.41) is 17.5. The number of hydrogen-bond donors (Lipinski definition) is 1. The predicted molar refractivity (Wildman–Crippen MR) is 259 cm³/mol. The van der Waals surface area contributed by atoms with Crippen LogP contribution in [0.1, 0.15) is 70.4 Å². The molecule has 2 saturated heterocycles. The number of ether oxygens (including phenoxy) is 8. The Hall–Kier alpha value is -7.34. The van der Waals surface area contributed by atoms with Crippen molar-refractivity contribution in [1.29, 1.82) is 0 Å². The van der Waals surface area contributed by atoms with Gasteiger partial charge in [-0.05, 0) is 80.3 Å². The van der Waals surface area contributed by atoms with Gasteiger partial charge in [0.25, 0.3) is 0 Å². The molecule has 0 saturated carbocycles. The molecule has 67 heavy (non-hydrogen) atoms. The van der Waals surface area contributed by atoms with E-state index in [2.05, 4.69) is 6.07 Å².